The molecular formula is C16H27NOS. The first-order valence-electron chi connectivity index (χ1n) is 7.13. The van der Waals surface area contributed by atoms with Gasteiger partial charge in [0.25, 0.3) is 0 Å². The molecule has 0 aliphatic heterocycles. The molecule has 0 saturated heterocycles. The molecule has 0 aromatic heterocycles. The number of hydrogen-bond acceptors (Lipinski definition) is 3. The first-order valence-corrected chi connectivity index (χ1v) is 8.29. The highest BCUT2D eigenvalue weighted by atomic mass is 32.2. The highest BCUT2D eigenvalue weighted by Crippen LogP contribution is 2.26. The Morgan fingerprint density at radius 2 is 1.95 bits per heavy atom. The van der Waals surface area contributed by atoms with Crippen LogP contribution in [0.3, 0.4) is 0 Å². The Morgan fingerprint density at radius 1 is 1.26 bits per heavy atom. The van der Waals surface area contributed by atoms with E-state index in [1.807, 2.05) is 30.0 Å². The standard InChI is InChI=1S/C16H27NOS/c1-4-10-17-16(12-18,13-19-11-14(2)3)15-8-6-5-7-9-15/h5-9,14,17-18H,4,10-13H2,1-3H3. The van der Waals surface area contributed by atoms with Gasteiger partial charge in [-0.2, -0.15) is 11.8 Å². The fourth-order valence-electron chi connectivity index (χ4n) is 2.02. The van der Waals surface area contributed by atoms with Crippen LogP contribution in [0.1, 0.15) is 32.8 Å². The van der Waals surface area contributed by atoms with Crippen LogP contribution in [0.2, 0.25) is 0 Å². The molecule has 0 heterocycles. The van der Waals surface area contributed by atoms with Crippen molar-refractivity contribution in [3.05, 3.63) is 35.9 Å². The molecule has 0 aliphatic rings. The van der Waals surface area contributed by atoms with Gasteiger partial charge >= 0.3 is 0 Å². The minimum absolute atomic E-state index is 0.141. The molecule has 1 atom stereocenters. The fourth-order valence-corrected chi connectivity index (χ4v) is 3.32. The SMILES string of the molecule is CCCNC(CO)(CSCC(C)C)c1ccccc1. The zero-order valence-corrected chi connectivity index (χ0v) is 13.2. The molecule has 19 heavy (non-hydrogen) atoms. The molecule has 3 heteroatoms. The van der Waals surface area contributed by atoms with Gasteiger partial charge in [0.1, 0.15) is 0 Å². The summed E-state index contributed by atoms with van der Waals surface area (Å²) in [5.41, 5.74) is 0.874. The Bertz CT molecular complexity index is 342. The van der Waals surface area contributed by atoms with Crippen molar-refractivity contribution in [3.8, 4) is 0 Å². The van der Waals surface area contributed by atoms with Gasteiger partial charge in [0.15, 0.2) is 0 Å². The highest BCUT2D eigenvalue weighted by molar-refractivity contribution is 7.99. The van der Waals surface area contributed by atoms with Crippen LogP contribution >= 0.6 is 11.8 Å². The summed E-state index contributed by atoms with van der Waals surface area (Å²) < 4.78 is 0. The van der Waals surface area contributed by atoms with Gasteiger partial charge in [0.05, 0.1) is 12.1 Å². The molecule has 1 rings (SSSR count). The number of hydrogen-bond donors (Lipinski definition) is 2. The number of rotatable bonds is 9. The molecule has 108 valence electrons. The topological polar surface area (TPSA) is 32.3 Å². The van der Waals surface area contributed by atoms with Gasteiger partial charge in [-0.3, -0.25) is 0 Å². The smallest absolute Gasteiger partial charge is 0.0760 e. The third-order valence-electron chi connectivity index (χ3n) is 3.11. The summed E-state index contributed by atoms with van der Waals surface area (Å²) in [5, 5.41) is 13.5. The van der Waals surface area contributed by atoms with E-state index in [2.05, 4.69) is 38.2 Å². The molecule has 2 N–H and O–H groups in total. The maximum Gasteiger partial charge on any atom is 0.0760 e. The molecule has 0 fully saturated rings. The summed E-state index contributed by atoms with van der Waals surface area (Å²) in [5.74, 6) is 2.72. The second kappa shape index (κ2) is 8.62. The Balaban J connectivity index is 2.81. The van der Waals surface area contributed by atoms with E-state index < -0.39 is 0 Å². The van der Waals surface area contributed by atoms with Crippen LogP contribution in [-0.4, -0.2) is 29.8 Å². The fraction of sp³-hybridized carbons (Fsp3) is 0.625. The number of thioether (sulfide) groups is 1. The van der Waals surface area contributed by atoms with Gasteiger partial charge in [-0.25, -0.2) is 0 Å². The predicted octanol–water partition coefficient (Wildman–Crippen LogP) is 3.26. The second-order valence-electron chi connectivity index (χ2n) is 5.44. The lowest BCUT2D eigenvalue weighted by Gasteiger charge is -2.34. The first kappa shape index (κ1) is 16.5. The number of benzene rings is 1. The minimum Gasteiger partial charge on any atom is -0.394 e. The summed E-state index contributed by atoms with van der Waals surface area (Å²) in [7, 11) is 0. The van der Waals surface area contributed by atoms with E-state index in [4.69, 9.17) is 0 Å². The highest BCUT2D eigenvalue weighted by Gasteiger charge is 2.30. The number of nitrogens with one attached hydrogen (secondary N) is 1. The second-order valence-corrected chi connectivity index (χ2v) is 6.47. The van der Waals surface area contributed by atoms with Crippen molar-refractivity contribution in [1.82, 2.24) is 5.32 Å². The number of aliphatic hydroxyl groups is 1. The summed E-state index contributed by atoms with van der Waals surface area (Å²) >= 11 is 1.92. The van der Waals surface area contributed by atoms with E-state index in [-0.39, 0.29) is 12.1 Å². The summed E-state index contributed by atoms with van der Waals surface area (Å²) in [6.45, 7) is 7.69. The quantitative estimate of drug-likeness (QED) is 0.728. The van der Waals surface area contributed by atoms with E-state index in [1.54, 1.807) is 0 Å². The predicted molar refractivity (Wildman–Crippen MR) is 85.7 cm³/mol. The summed E-state index contributed by atoms with van der Waals surface area (Å²) in [6, 6.07) is 10.3. The van der Waals surface area contributed by atoms with Gasteiger partial charge in [-0.1, -0.05) is 51.1 Å². The summed E-state index contributed by atoms with van der Waals surface area (Å²) in [6.07, 6.45) is 1.07. The third kappa shape index (κ3) is 5.17. The lowest BCUT2D eigenvalue weighted by atomic mass is 9.92. The molecule has 1 aromatic rings. The van der Waals surface area contributed by atoms with Crippen LogP contribution < -0.4 is 5.32 Å². The molecule has 2 nitrogen and oxygen atoms in total. The Hall–Kier alpha value is -0.510. The Kier molecular flexibility index (Phi) is 7.51. The van der Waals surface area contributed by atoms with Crippen molar-refractivity contribution in [2.24, 2.45) is 5.92 Å². The van der Waals surface area contributed by atoms with Gasteiger partial charge in [0.2, 0.25) is 0 Å². The van der Waals surface area contributed by atoms with Gasteiger partial charge in [-0.05, 0) is 30.2 Å². The van der Waals surface area contributed by atoms with Gasteiger partial charge in [-0.15, -0.1) is 0 Å². The number of aliphatic hydroxyl groups excluding tert-OH is 1. The molecule has 0 aliphatic carbocycles. The Labute approximate surface area is 122 Å². The van der Waals surface area contributed by atoms with Crippen molar-refractivity contribution in [3.63, 3.8) is 0 Å². The van der Waals surface area contributed by atoms with Crippen LogP contribution in [0.4, 0.5) is 0 Å². The monoisotopic (exact) mass is 281 g/mol. The van der Waals surface area contributed by atoms with Crippen molar-refractivity contribution in [2.75, 3.05) is 24.7 Å². The van der Waals surface area contributed by atoms with Crippen molar-refractivity contribution in [1.29, 1.82) is 0 Å². The van der Waals surface area contributed by atoms with Crippen LogP contribution in [0, 0.1) is 5.92 Å². The van der Waals surface area contributed by atoms with E-state index in [1.165, 1.54) is 5.56 Å². The van der Waals surface area contributed by atoms with Crippen molar-refractivity contribution < 1.29 is 5.11 Å². The molecule has 0 spiro atoms. The zero-order valence-electron chi connectivity index (χ0n) is 12.4. The minimum atomic E-state index is -0.309. The maximum absolute atomic E-state index is 9.95. The summed E-state index contributed by atoms with van der Waals surface area (Å²) in [4.78, 5) is 0. The molecule has 0 saturated carbocycles. The first-order chi connectivity index (χ1) is 9.14. The maximum atomic E-state index is 9.95. The van der Waals surface area contributed by atoms with Crippen LogP contribution in [0.5, 0.6) is 0 Å². The van der Waals surface area contributed by atoms with E-state index in [0.29, 0.717) is 5.92 Å². The van der Waals surface area contributed by atoms with Crippen LogP contribution in [0.25, 0.3) is 0 Å². The van der Waals surface area contributed by atoms with Crippen molar-refractivity contribution in [2.45, 2.75) is 32.7 Å². The lowest BCUT2D eigenvalue weighted by molar-refractivity contribution is 0.179. The molecular weight excluding hydrogens is 254 g/mol. The molecule has 1 aromatic carbocycles. The normalized spacial score (nSPS) is 14.6. The average molecular weight is 281 g/mol. The van der Waals surface area contributed by atoms with Crippen LogP contribution in [-0.2, 0) is 5.54 Å². The third-order valence-corrected chi connectivity index (χ3v) is 4.71. The van der Waals surface area contributed by atoms with Gasteiger partial charge in [0, 0.05) is 5.75 Å². The average Bonchev–Trinajstić information content (AvgIpc) is 2.43. The van der Waals surface area contributed by atoms with Gasteiger partial charge < -0.3 is 10.4 Å². The molecule has 1 unspecified atom stereocenters. The Morgan fingerprint density at radius 3 is 2.47 bits per heavy atom. The van der Waals surface area contributed by atoms with E-state index in [9.17, 15) is 5.11 Å². The molecule has 0 radical (unpaired) electrons. The van der Waals surface area contributed by atoms with E-state index >= 15 is 0 Å². The largest absolute Gasteiger partial charge is 0.394 e. The van der Waals surface area contributed by atoms with Crippen LogP contribution in [0.15, 0.2) is 30.3 Å². The molecule has 0 amide bonds. The molecule has 0 bridgehead atoms. The zero-order chi connectivity index (χ0) is 14.1. The van der Waals surface area contributed by atoms with Crippen molar-refractivity contribution >= 4 is 11.8 Å². The lowest BCUT2D eigenvalue weighted by Crippen LogP contribution is -2.48. The van der Waals surface area contributed by atoms with E-state index in [0.717, 1.165) is 24.5 Å².